The van der Waals surface area contributed by atoms with E-state index in [1.54, 1.807) is 4.90 Å². The van der Waals surface area contributed by atoms with Gasteiger partial charge in [-0.15, -0.1) is 0 Å². The highest BCUT2D eigenvalue weighted by molar-refractivity contribution is 5.38. The topological polar surface area (TPSA) is 62.9 Å². The number of unbranched alkanes of at least 4 members (excludes halogenated alkanes) is 1. The fraction of sp³-hybridized carbons (Fsp3) is 0.600. The van der Waals surface area contributed by atoms with Crippen molar-refractivity contribution in [3.63, 3.8) is 0 Å². The van der Waals surface area contributed by atoms with Crippen LogP contribution >= 0.6 is 0 Å². The van der Waals surface area contributed by atoms with Gasteiger partial charge in [0.15, 0.2) is 5.57 Å². The van der Waals surface area contributed by atoms with E-state index < -0.39 is 0 Å². The molecule has 0 radical (unpaired) electrons. The smallest absolute Gasteiger partial charge is 0.169 e. The normalized spacial score (nSPS) is 8.36. The molecule has 1 N–H and O–H groups in total. The van der Waals surface area contributed by atoms with E-state index in [0.717, 1.165) is 19.4 Å². The van der Waals surface area contributed by atoms with Gasteiger partial charge in [-0.25, -0.2) is 0 Å². The summed E-state index contributed by atoms with van der Waals surface area (Å²) in [5.74, 6) is 0.600. The number of rotatable bonds is 5. The van der Waals surface area contributed by atoms with Crippen LogP contribution in [0.2, 0.25) is 0 Å². The van der Waals surface area contributed by atoms with Crippen molar-refractivity contribution in [3.8, 4) is 12.1 Å². The van der Waals surface area contributed by atoms with E-state index in [4.69, 9.17) is 10.5 Å². The summed E-state index contributed by atoms with van der Waals surface area (Å²) in [4.78, 5) is 1.75. The number of allylic oxidation sites excluding steroid dienone is 1. The Kier molecular flexibility index (Phi) is 5.98. The molecule has 0 saturated heterocycles. The molecule has 0 bridgehead atoms. The van der Waals surface area contributed by atoms with Crippen molar-refractivity contribution in [2.75, 3.05) is 20.6 Å². The van der Waals surface area contributed by atoms with Gasteiger partial charge in [0.1, 0.15) is 18.0 Å². The Morgan fingerprint density at radius 3 is 2.21 bits per heavy atom. The first-order valence-corrected chi connectivity index (χ1v) is 4.63. The Bertz CT molecular complexity index is 261. The van der Waals surface area contributed by atoms with E-state index in [1.165, 1.54) is 0 Å². The number of nitrogens with one attached hydrogen (secondary N) is 1. The van der Waals surface area contributed by atoms with E-state index in [-0.39, 0.29) is 5.57 Å². The molecular formula is C10H16N4. The average Bonchev–Trinajstić information content (AvgIpc) is 2.17. The number of nitriles is 2. The minimum absolute atomic E-state index is 0.131. The number of hydrogen-bond donors (Lipinski definition) is 1. The molecule has 0 spiro atoms. The molecule has 0 rings (SSSR count). The van der Waals surface area contributed by atoms with Crippen molar-refractivity contribution in [1.82, 2.24) is 10.2 Å². The van der Waals surface area contributed by atoms with Crippen molar-refractivity contribution >= 4 is 0 Å². The minimum Gasteiger partial charge on any atom is -0.370 e. The van der Waals surface area contributed by atoms with Gasteiger partial charge in [-0.05, 0) is 6.42 Å². The first kappa shape index (κ1) is 12.3. The van der Waals surface area contributed by atoms with Crippen molar-refractivity contribution < 1.29 is 0 Å². The molecule has 76 valence electrons. The SMILES string of the molecule is CCCCNC(=C(C#N)C#N)N(C)C. The van der Waals surface area contributed by atoms with Gasteiger partial charge in [0.05, 0.1) is 0 Å². The molecule has 0 aliphatic rings. The Labute approximate surface area is 85.4 Å². The van der Waals surface area contributed by atoms with E-state index in [0.29, 0.717) is 5.82 Å². The van der Waals surface area contributed by atoms with E-state index >= 15 is 0 Å². The molecule has 0 aromatic rings. The highest BCUT2D eigenvalue weighted by Crippen LogP contribution is 2.02. The molecule has 0 aliphatic carbocycles. The predicted molar refractivity (Wildman–Crippen MR) is 54.8 cm³/mol. The molecule has 4 heteroatoms. The first-order chi connectivity index (χ1) is 6.67. The molecule has 0 aromatic heterocycles. The van der Waals surface area contributed by atoms with Crippen LogP contribution < -0.4 is 5.32 Å². The summed E-state index contributed by atoms with van der Waals surface area (Å²) in [7, 11) is 3.62. The molecule has 0 unspecified atom stereocenters. The number of nitrogens with zero attached hydrogens (tertiary/aromatic N) is 3. The Balaban J connectivity index is 4.54. The highest BCUT2D eigenvalue weighted by atomic mass is 15.2. The molecule has 0 aromatic carbocycles. The summed E-state index contributed by atoms with van der Waals surface area (Å²) in [6.07, 6.45) is 2.11. The highest BCUT2D eigenvalue weighted by Gasteiger charge is 2.06. The van der Waals surface area contributed by atoms with Crippen molar-refractivity contribution in [2.24, 2.45) is 0 Å². The third-order valence-electron chi connectivity index (χ3n) is 1.73. The van der Waals surface area contributed by atoms with Gasteiger partial charge in [0, 0.05) is 20.6 Å². The van der Waals surface area contributed by atoms with Gasteiger partial charge >= 0.3 is 0 Å². The largest absolute Gasteiger partial charge is 0.370 e. The summed E-state index contributed by atoms with van der Waals surface area (Å²) in [6, 6.07) is 3.75. The Hall–Kier alpha value is -1.68. The summed E-state index contributed by atoms with van der Waals surface area (Å²) in [5, 5.41) is 20.5. The number of hydrogen-bond acceptors (Lipinski definition) is 4. The van der Waals surface area contributed by atoms with Crippen LogP contribution in [0.1, 0.15) is 19.8 Å². The second-order valence-corrected chi connectivity index (χ2v) is 3.12. The third kappa shape index (κ3) is 3.82. The molecule has 0 heterocycles. The van der Waals surface area contributed by atoms with Crippen molar-refractivity contribution in [1.29, 1.82) is 10.5 Å². The molecule has 0 saturated carbocycles. The predicted octanol–water partition coefficient (Wildman–Crippen LogP) is 1.20. The lowest BCUT2D eigenvalue weighted by atomic mass is 10.3. The lowest BCUT2D eigenvalue weighted by Crippen LogP contribution is -2.27. The van der Waals surface area contributed by atoms with Gasteiger partial charge in [0.2, 0.25) is 0 Å². The second-order valence-electron chi connectivity index (χ2n) is 3.12. The maximum atomic E-state index is 8.70. The van der Waals surface area contributed by atoms with Crippen LogP contribution in [-0.4, -0.2) is 25.5 Å². The zero-order chi connectivity index (χ0) is 11.0. The van der Waals surface area contributed by atoms with Crippen LogP contribution in [0, 0.1) is 22.7 Å². The zero-order valence-electron chi connectivity index (χ0n) is 8.96. The molecular weight excluding hydrogens is 176 g/mol. The van der Waals surface area contributed by atoms with Crippen LogP contribution in [0.15, 0.2) is 11.4 Å². The maximum Gasteiger partial charge on any atom is 0.169 e. The quantitative estimate of drug-likeness (QED) is 0.525. The summed E-state index contributed by atoms with van der Waals surface area (Å²) in [5.41, 5.74) is 0.131. The monoisotopic (exact) mass is 192 g/mol. The molecule has 0 fully saturated rings. The first-order valence-electron chi connectivity index (χ1n) is 4.63. The van der Waals surface area contributed by atoms with E-state index in [9.17, 15) is 0 Å². The van der Waals surface area contributed by atoms with Crippen molar-refractivity contribution in [2.45, 2.75) is 19.8 Å². The standard InChI is InChI=1S/C10H16N4/c1-4-5-6-13-10(14(2)3)9(7-11)8-12/h13H,4-6H2,1-3H3. The third-order valence-corrected chi connectivity index (χ3v) is 1.73. The summed E-state index contributed by atoms with van der Waals surface area (Å²) < 4.78 is 0. The van der Waals surface area contributed by atoms with Gasteiger partial charge in [0.25, 0.3) is 0 Å². The van der Waals surface area contributed by atoms with E-state index in [1.807, 2.05) is 26.2 Å². The van der Waals surface area contributed by atoms with Gasteiger partial charge in [-0.2, -0.15) is 10.5 Å². The summed E-state index contributed by atoms with van der Waals surface area (Å²) in [6.45, 7) is 2.88. The fourth-order valence-electron chi connectivity index (χ4n) is 0.985. The van der Waals surface area contributed by atoms with Crippen molar-refractivity contribution in [3.05, 3.63) is 11.4 Å². The van der Waals surface area contributed by atoms with E-state index in [2.05, 4.69) is 12.2 Å². The molecule has 0 atom stereocenters. The summed E-state index contributed by atoms with van der Waals surface area (Å²) >= 11 is 0. The maximum absolute atomic E-state index is 8.70. The molecule has 0 amide bonds. The lowest BCUT2D eigenvalue weighted by Gasteiger charge is -2.18. The zero-order valence-corrected chi connectivity index (χ0v) is 8.96. The fourth-order valence-corrected chi connectivity index (χ4v) is 0.985. The molecule has 14 heavy (non-hydrogen) atoms. The van der Waals surface area contributed by atoms with Gasteiger partial charge in [-0.1, -0.05) is 13.3 Å². The van der Waals surface area contributed by atoms with Crippen LogP contribution in [-0.2, 0) is 0 Å². The average molecular weight is 192 g/mol. The van der Waals surface area contributed by atoms with Crippen LogP contribution in [0.4, 0.5) is 0 Å². The Morgan fingerprint density at radius 1 is 1.29 bits per heavy atom. The van der Waals surface area contributed by atoms with Gasteiger partial charge in [-0.3, -0.25) is 0 Å². The van der Waals surface area contributed by atoms with Gasteiger partial charge < -0.3 is 10.2 Å². The molecule has 4 nitrogen and oxygen atoms in total. The van der Waals surface area contributed by atoms with Crippen LogP contribution in [0.25, 0.3) is 0 Å². The Morgan fingerprint density at radius 2 is 1.86 bits per heavy atom. The minimum atomic E-state index is 0.131. The second kappa shape index (κ2) is 6.80. The van der Waals surface area contributed by atoms with Crippen LogP contribution in [0.3, 0.4) is 0 Å². The van der Waals surface area contributed by atoms with Crippen LogP contribution in [0.5, 0.6) is 0 Å². The lowest BCUT2D eigenvalue weighted by molar-refractivity contribution is 0.454. The molecule has 0 aliphatic heterocycles.